The molecule has 150 valence electrons. The molecule has 3 aliphatic rings. The second-order valence-corrected chi connectivity index (χ2v) is 8.77. The van der Waals surface area contributed by atoms with Gasteiger partial charge in [0, 0.05) is 51.9 Å². The Balaban J connectivity index is 1.11. The molecule has 0 radical (unpaired) electrons. The number of hydrogen-bond acceptors (Lipinski definition) is 4. The lowest BCUT2D eigenvalue weighted by atomic mass is 10.00. The summed E-state index contributed by atoms with van der Waals surface area (Å²) in [6.07, 6.45) is 7.09. The highest BCUT2D eigenvalue weighted by atomic mass is 15.3. The van der Waals surface area contributed by atoms with E-state index in [2.05, 4.69) is 49.9 Å². The number of nitrogens with zero attached hydrogens (tertiary/aromatic N) is 4. The van der Waals surface area contributed by atoms with Gasteiger partial charge in [-0.2, -0.15) is 0 Å². The van der Waals surface area contributed by atoms with Crippen LogP contribution in [0.1, 0.15) is 37.7 Å². The van der Waals surface area contributed by atoms with E-state index >= 15 is 0 Å². The lowest BCUT2D eigenvalue weighted by Gasteiger charge is -2.41. The van der Waals surface area contributed by atoms with E-state index in [1.54, 1.807) is 0 Å². The van der Waals surface area contributed by atoms with E-state index in [4.69, 9.17) is 0 Å². The summed E-state index contributed by atoms with van der Waals surface area (Å²) in [4.78, 5) is 10.8. The van der Waals surface area contributed by atoms with E-state index in [-0.39, 0.29) is 0 Å². The third-order valence-corrected chi connectivity index (χ3v) is 6.91. The molecule has 0 saturated carbocycles. The largest absolute Gasteiger partial charge is 0.302 e. The normalized spacial score (nSPS) is 25.0. The lowest BCUT2D eigenvalue weighted by Crippen LogP contribution is -2.50. The molecule has 3 aliphatic heterocycles. The minimum atomic E-state index is 0.878. The molecule has 4 nitrogen and oxygen atoms in total. The zero-order valence-corrected chi connectivity index (χ0v) is 17.1. The van der Waals surface area contributed by atoms with Gasteiger partial charge >= 0.3 is 0 Å². The van der Waals surface area contributed by atoms with Crippen LogP contribution in [0, 0.1) is 0 Å². The number of piperidine rings is 2. The fourth-order valence-corrected chi connectivity index (χ4v) is 5.09. The predicted molar refractivity (Wildman–Crippen MR) is 113 cm³/mol. The molecule has 3 saturated heterocycles. The van der Waals surface area contributed by atoms with Crippen molar-refractivity contribution in [3.05, 3.63) is 35.9 Å². The second kappa shape index (κ2) is 10.0. The SMILES string of the molecule is c1ccc(CN2CCN(CCN3CCC(N4CCCCC4)CC3)CC2)cc1. The first-order chi connectivity index (χ1) is 13.4. The maximum atomic E-state index is 2.78. The molecular weight excluding hydrogens is 332 g/mol. The zero-order valence-electron chi connectivity index (χ0n) is 17.1. The van der Waals surface area contributed by atoms with Crippen LogP contribution in [-0.4, -0.2) is 91.1 Å². The molecule has 0 spiro atoms. The Kier molecular flexibility index (Phi) is 7.19. The van der Waals surface area contributed by atoms with Crippen LogP contribution in [0.25, 0.3) is 0 Å². The van der Waals surface area contributed by atoms with Crippen molar-refractivity contribution in [1.82, 2.24) is 19.6 Å². The number of piperazine rings is 1. The van der Waals surface area contributed by atoms with Crippen molar-refractivity contribution in [3.8, 4) is 0 Å². The van der Waals surface area contributed by atoms with Gasteiger partial charge in [-0.3, -0.25) is 9.80 Å². The van der Waals surface area contributed by atoms with E-state index in [0.29, 0.717) is 0 Å². The van der Waals surface area contributed by atoms with Crippen LogP contribution in [0.3, 0.4) is 0 Å². The van der Waals surface area contributed by atoms with Crippen LogP contribution in [0.5, 0.6) is 0 Å². The number of hydrogen-bond donors (Lipinski definition) is 0. The lowest BCUT2D eigenvalue weighted by molar-refractivity contribution is 0.0770. The Morgan fingerprint density at radius 2 is 1.22 bits per heavy atom. The summed E-state index contributed by atoms with van der Waals surface area (Å²) in [6, 6.07) is 11.8. The van der Waals surface area contributed by atoms with Gasteiger partial charge in [0.2, 0.25) is 0 Å². The first kappa shape index (κ1) is 19.4. The van der Waals surface area contributed by atoms with Gasteiger partial charge in [0.05, 0.1) is 0 Å². The Labute approximate surface area is 166 Å². The highest BCUT2D eigenvalue weighted by Gasteiger charge is 2.26. The molecule has 0 amide bonds. The Hall–Kier alpha value is -0.940. The minimum Gasteiger partial charge on any atom is -0.302 e. The topological polar surface area (TPSA) is 13.0 Å². The summed E-state index contributed by atoms with van der Waals surface area (Å²) < 4.78 is 0. The van der Waals surface area contributed by atoms with Gasteiger partial charge in [0.15, 0.2) is 0 Å². The first-order valence-corrected chi connectivity index (χ1v) is 11.3. The number of rotatable bonds is 6. The molecule has 1 aromatic rings. The third kappa shape index (κ3) is 5.77. The summed E-state index contributed by atoms with van der Waals surface area (Å²) in [5.74, 6) is 0. The third-order valence-electron chi connectivity index (χ3n) is 6.91. The second-order valence-electron chi connectivity index (χ2n) is 8.77. The van der Waals surface area contributed by atoms with E-state index in [1.807, 2.05) is 0 Å². The Morgan fingerprint density at radius 3 is 1.89 bits per heavy atom. The Morgan fingerprint density at radius 1 is 0.630 bits per heavy atom. The van der Waals surface area contributed by atoms with Crippen molar-refractivity contribution in [2.45, 2.75) is 44.7 Å². The van der Waals surface area contributed by atoms with Crippen LogP contribution < -0.4 is 0 Å². The predicted octanol–water partition coefficient (Wildman–Crippen LogP) is 2.75. The molecular formula is C23H38N4. The van der Waals surface area contributed by atoms with E-state index in [1.165, 1.54) is 103 Å². The maximum Gasteiger partial charge on any atom is 0.0234 e. The maximum absolute atomic E-state index is 2.78. The van der Waals surface area contributed by atoms with Crippen LogP contribution in [0.2, 0.25) is 0 Å². The molecule has 4 rings (SSSR count). The van der Waals surface area contributed by atoms with Gasteiger partial charge in [0.1, 0.15) is 0 Å². The molecule has 0 atom stereocenters. The molecule has 0 unspecified atom stereocenters. The fraction of sp³-hybridized carbons (Fsp3) is 0.739. The molecule has 3 heterocycles. The molecule has 0 aromatic heterocycles. The van der Waals surface area contributed by atoms with Crippen molar-refractivity contribution < 1.29 is 0 Å². The van der Waals surface area contributed by atoms with Gasteiger partial charge in [0.25, 0.3) is 0 Å². The van der Waals surface area contributed by atoms with Crippen LogP contribution in [-0.2, 0) is 6.54 Å². The summed E-state index contributed by atoms with van der Waals surface area (Å²) in [5, 5.41) is 0. The van der Waals surface area contributed by atoms with Crippen LogP contribution >= 0.6 is 0 Å². The van der Waals surface area contributed by atoms with Gasteiger partial charge < -0.3 is 9.80 Å². The minimum absolute atomic E-state index is 0.878. The quantitative estimate of drug-likeness (QED) is 0.763. The van der Waals surface area contributed by atoms with Crippen molar-refractivity contribution in [1.29, 1.82) is 0 Å². The smallest absolute Gasteiger partial charge is 0.0234 e. The molecule has 27 heavy (non-hydrogen) atoms. The number of likely N-dealkylation sites (tertiary alicyclic amines) is 2. The highest BCUT2D eigenvalue weighted by Crippen LogP contribution is 2.20. The molecule has 0 aliphatic carbocycles. The standard InChI is InChI=1S/C23H38N4/c1-3-7-22(8-4-1)21-26-19-17-25(18-20-26)16-15-24-13-9-23(10-14-24)27-11-5-2-6-12-27/h1,3-4,7-8,23H,2,5-6,9-21H2. The van der Waals surface area contributed by atoms with Gasteiger partial charge in [-0.1, -0.05) is 36.8 Å². The first-order valence-electron chi connectivity index (χ1n) is 11.3. The van der Waals surface area contributed by atoms with Crippen molar-refractivity contribution in [2.24, 2.45) is 0 Å². The fourth-order valence-electron chi connectivity index (χ4n) is 5.09. The van der Waals surface area contributed by atoms with Crippen molar-refractivity contribution in [3.63, 3.8) is 0 Å². The molecule has 1 aromatic carbocycles. The summed E-state index contributed by atoms with van der Waals surface area (Å²) in [6.45, 7) is 13.9. The molecule has 3 fully saturated rings. The average Bonchev–Trinajstić information content (AvgIpc) is 2.75. The molecule has 4 heteroatoms. The monoisotopic (exact) mass is 370 g/mol. The zero-order chi connectivity index (χ0) is 18.3. The van der Waals surface area contributed by atoms with E-state index in [0.717, 1.165) is 12.6 Å². The van der Waals surface area contributed by atoms with Gasteiger partial charge in [-0.05, 0) is 57.4 Å². The summed E-state index contributed by atoms with van der Waals surface area (Å²) in [5.41, 5.74) is 1.45. The van der Waals surface area contributed by atoms with Gasteiger partial charge in [-0.15, -0.1) is 0 Å². The summed E-state index contributed by atoms with van der Waals surface area (Å²) >= 11 is 0. The molecule has 0 N–H and O–H groups in total. The Bertz CT molecular complexity index is 527. The van der Waals surface area contributed by atoms with Crippen LogP contribution in [0.15, 0.2) is 30.3 Å². The van der Waals surface area contributed by atoms with E-state index < -0.39 is 0 Å². The molecule has 0 bridgehead atoms. The van der Waals surface area contributed by atoms with E-state index in [9.17, 15) is 0 Å². The summed E-state index contributed by atoms with van der Waals surface area (Å²) in [7, 11) is 0. The van der Waals surface area contributed by atoms with Crippen LogP contribution in [0.4, 0.5) is 0 Å². The average molecular weight is 371 g/mol. The van der Waals surface area contributed by atoms with Crippen molar-refractivity contribution in [2.75, 3.05) is 65.4 Å². The highest BCUT2D eigenvalue weighted by molar-refractivity contribution is 5.14. The van der Waals surface area contributed by atoms with Gasteiger partial charge in [-0.25, -0.2) is 0 Å². The van der Waals surface area contributed by atoms with Crippen molar-refractivity contribution >= 4 is 0 Å². The number of benzene rings is 1.